The molecule has 11 heteroatoms. The molecule has 1 amide bonds. The number of amides is 1. The summed E-state index contributed by atoms with van der Waals surface area (Å²) in [5, 5.41) is 0.476. The minimum absolute atomic E-state index is 0.0919. The number of nitrogens with two attached hydrogens (primary N) is 1. The number of fused-ring (bicyclic) bond motifs is 1. The lowest BCUT2D eigenvalue weighted by molar-refractivity contribution is 0.123. The van der Waals surface area contributed by atoms with Gasteiger partial charge in [0.2, 0.25) is 0 Å². The van der Waals surface area contributed by atoms with E-state index in [1.165, 1.54) is 21.2 Å². The van der Waals surface area contributed by atoms with Crippen molar-refractivity contribution in [3.8, 4) is 0 Å². The molecule has 33 heavy (non-hydrogen) atoms. The molecule has 0 radical (unpaired) electrons. The van der Waals surface area contributed by atoms with E-state index in [1.807, 2.05) is 30.3 Å². The van der Waals surface area contributed by atoms with Gasteiger partial charge in [0.25, 0.3) is 0 Å². The van der Waals surface area contributed by atoms with Gasteiger partial charge in [-0.1, -0.05) is 49.0 Å². The number of hydrogen-bond donors (Lipinski definition) is 1. The summed E-state index contributed by atoms with van der Waals surface area (Å²) in [6.45, 7) is 3.53. The molecule has 0 saturated carbocycles. The summed E-state index contributed by atoms with van der Waals surface area (Å²) in [7, 11) is 3.11. The average Bonchev–Trinajstić information content (AvgIpc) is 3.10. The zero-order valence-corrected chi connectivity index (χ0v) is 20.0. The van der Waals surface area contributed by atoms with Gasteiger partial charge in [-0.2, -0.15) is 0 Å². The van der Waals surface area contributed by atoms with Crippen LogP contribution >= 0.6 is 11.8 Å². The van der Waals surface area contributed by atoms with Crippen LogP contribution in [0.15, 0.2) is 40.3 Å². The highest BCUT2D eigenvalue weighted by Gasteiger charge is 2.26. The first-order chi connectivity index (χ1) is 16.0. The molecule has 2 heterocycles. The summed E-state index contributed by atoms with van der Waals surface area (Å²) in [5.41, 5.74) is 7.22. The molecule has 0 fully saturated rings. The number of aromatic nitrogens is 4. The lowest BCUT2D eigenvalue weighted by Gasteiger charge is -2.22. The van der Waals surface area contributed by atoms with Gasteiger partial charge in [0.05, 0.1) is 19.8 Å². The van der Waals surface area contributed by atoms with Crippen LogP contribution in [0.3, 0.4) is 0 Å². The van der Waals surface area contributed by atoms with Gasteiger partial charge < -0.3 is 20.1 Å². The third kappa shape index (κ3) is 5.73. The molecular formula is C22H30N6O4S. The molecule has 10 nitrogen and oxygen atoms in total. The van der Waals surface area contributed by atoms with Crippen molar-refractivity contribution in [3.05, 3.63) is 46.4 Å². The van der Waals surface area contributed by atoms with Crippen molar-refractivity contribution in [1.82, 2.24) is 24.0 Å². The van der Waals surface area contributed by atoms with Crippen LogP contribution in [-0.2, 0) is 16.0 Å². The number of imidazole rings is 1. The summed E-state index contributed by atoms with van der Waals surface area (Å²) >= 11 is 1.46. The molecule has 2 aromatic heterocycles. The Labute approximate surface area is 196 Å². The van der Waals surface area contributed by atoms with E-state index in [2.05, 4.69) is 16.9 Å². The van der Waals surface area contributed by atoms with Crippen molar-refractivity contribution in [2.45, 2.75) is 25.0 Å². The number of rotatable bonds is 11. The number of hydrogen-bond acceptors (Lipinski definition) is 8. The highest BCUT2D eigenvalue weighted by atomic mass is 32.2. The zero-order chi connectivity index (χ0) is 23.8. The van der Waals surface area contributed by atoms with Crippen molar-refractivity contribution in [1.29, 1.82) is 0 Å². The molecule has 0 saturated heterocycles. The number of nitrogens with zero attached hydrogens (tertiary/aromatic N) is 5. The summed E-state index contributed by atoms with van der Waals surface area (Å²) in [5.74, 6) is 0.907. The summed E-state index contributed by atoms with van der Waals surface area (Å²) < 4.78 is 12.8. The smallest absolute Gasteiger partial charge is 0.339 e. The number of benzene rings is 1. The second kappa shape index (κ2) is 11.8. The van der Waals surface area contributed by atoms with E-state index in [4.69, 9.17) is 15.2 Å². The van der Waals surface area contributed by atoms with E-state index in [-0.39, 0.29) is 17.9 Å². The summed E-state index contributed by atoms with van der Waals surface area (Å²) in [6.07, 6.45) is 0.941. The molecule has 0 atom stereocenters. The predicted molar refractivity (Wildman–Crippen MR) is 129 cm³/mol. The van der Waals surface area contributed by atoms with Crippen molar-refractivity contribution in [2.24, 2.45) is 0 Å². The molecule has 0 bridgehead atoms. The maximum Gasteiger partial charge on any atom is 0.339 e. The molecule has 0 unspecified atom stereocenters. The molecule has 3 rings (SSSR count). The topological polar surface area (TPSA) is 117 Å². The van der Waals surface area contributed by atoms with Crippen LogP contribution in [0.2, 0.25) is 0 Å². The monoisotopic (exact) mass is 474 g/mol. The minimum atomic E-state index is -0.518. The van der Waals surface area contributed by atoms with Crippen molar-refractivity contribution >= 4 is 34.8 Å². The van der Waals surface area contributed by atoms with Gasteiger partial charge in [-0.05, 0) is 12.0 Å². The Morgan fingerprint density at radius 2 is 1.79 bits per heavy atom. The number of anilines is 1. The molecular weight excluding hydrogens is 444 g/mol. The standard InChI is InChI=1S/C22H30N6O4S/c1-4-14-33-20-24-18(23)17-19(25-20)27(15-16-8-6-5-7-9-16)22(30)28(17)21(29)26(10-12-31-2)11-13-32-3/h5-9H,4,10-15H2,1-3H3,(H2,23,24,25). The van der Waals surface area contributed by atoms with Gasteiger partial charge in [-0.15, -0.1) is 0 Å². The first kappa shape index (κ1) is 24.7. The van der Waals surface area contributed by atoms with Crippen LogP contribution in [-0.4, -0.2) is 76.3 Å². The van der Waals surface area contributed by atoms with Crippen molar-refractivity contribution in [3.63, 3.8) is 0 Å². The van der Waals surface area contributed by atoms with Gasteiger partial charge >= 0.3 is 11.7 Å². The maximum atomic E-state index is 13.5. The van der Waals surface area contributed by atoms with Crippen LogP contribution in [0, 0.1) is 0 Å². The number of carbonyl (C=O) groups is 1. The van der Waals surface area contributed by atoms with Crippen molar-refractivity contribution < 1.29 is 14.3 Å². The molecule has 178 valence electrons. The zero-order valence-electron chi connectivity index (χ0n) is 19.2. The SMILES string of the molecule is CCCSc1nc(N)c2c(n1)n(Cc1ccccc1)c(=O)n2C(=O)N(CCOC)CCOC. The van der Waals surface area contributed by atoms with Crippen molar-refractivity contribution in [2.75, 3.05) is 52.0 Å². The second-order valence-electron chi connectivity index (χ2n) is 7.36. The van der Waals surface area contributed by atoms with Gasteiger partial charge in [-0.3, -0.25) is 4.57 Å². The molecule has 2 N–H and O–H groups in total. The average molecular weight is 475 g/mol. The number of methoxy groups -OCH3 is 2. The quantitative estimate of drug-likeness (QED) is 0.332. The molecule has 0 spiro atoms. The number of ether oxygens (including phenoxy) is 2. The molecule has 1 aromatic carbocycles. The van der Waals surface area contributed by atoms with Gasteiger partial charge in [-0.25, -0.2) is 24.1 Å². The Kier molecular flexibility index (Phi) is 8.87. The Hall–Kier alpha value is -2.89. The first-order valence-corrected chi connectivity index (χ1v) is 11.7. The van der Waals surface area contributed by atoms with Crippen LogP contribution in [0.5, 0.6) is 0 Å². The van der Waals surface area contributed by atoms with Crippen LogP contribution < -0.4 is 11.4 Å². The molecule has 0 aliphatic heterocycles. The number of thioether (sulfide) groups is 1. The fraction of sp³-hybridized carbons (Fsp3) is 0.455. The van der Waals surface area contributed by atoms with Gasteiger partial charge in [0, 0.05) is 33.1 Å². The minimum Gasteiger partial charge on any atom is -0.383 e. The fourth-order valence-corrected chi connectivity index (χ4v) is 4.04. The van der Waals surface area contributed by atoms with E-state index in [0.717, 1.165) is 22.3 Å². The Bertz CT molecular complexity index is 1120. The third-order valence-corrected chi connectivity index (χ3v) is 6.04. The predicted octanol–water partition coefficient (Wildman–Crippen LogP) is 2.29. The highest BCUT2D eigenvalue weighted by molar-refractivity contribution is 7.99. The summed E-state index contributed by atoms with van der Waals surface area (Å²) in [6, 6.07) is 9.01. The van der Waals surface area contributed by atoms with Gasteiger partial charge in [0.1, 0.15) is 5.52 Å². The van der Waals surface area contributed by atoms with Crippen LogP contribution in [0.4, 0.5) is 10.6 Å². The first-order valence-electron chi connectivity index (χ1n) is 10.7. The lowest BCUT2D eigenvalue weighted by Crippen LogP contribution is -2.43. The van der Waals surface area contributed by atoms with Crippen LogP contribution in [0.25, 0.3) is 11.2 Å². The highest BCUT2D eigenvalue weighted by Crippen LogP contribution is 2.23. The van der Waals surface area contributed by atoms with E-state index in [0.29, 0.717) is 37.1 Å². The lowest BCUT2D eigenvalue weighted by atomic mass is 10.2. The normalized spacial score (nSPS) is 11.2. The summed E-state index contributed by atoms with van der Waals surface area (Å²) in [4.78, 5) is 37.5. The molecule has 0 aliphatic rings. The van der Waals surface area contributed by atoms with Gasteiger partial charge in [0.15, 0.2) is 16.6 Å². The number of nitrogen functional groups attached to an aromatic ring is 1. The van der Waals surface area contributed by atoms with E-state index in [1.54, 1.807) is 14.2 Å². The van der Waals surface area contributed by atoms with E-state index >= 15 is 0 Å². The third-order valence-electron chi connectivity index (χ3n) is 4.98. The van der Waals surface area contributed by atoms with E-state index < -0.39 is 11.7 Å². The molecule has 0 aliphatic carbocycles. The van der Waals surface area contributed by atoms with Crippen LogP contribution in [0.1, 0.15) is 18.9 Å². The van der Waals surface area contributed by atoms with E-state index in [9.17, 15) is 9.59 Å². The Morgan fingerprint density at radius 1 is 1.12 bits per heavy atom. The maximum absolute atomic E-state index is 13.5. The second-order valence-corrected chi connectivity index (χ2v) is 8.42. The molecule has 3 aromatic rings. The Balaban J connectivity index is 2.16. The Morgan fingerprint density at radius 3 is 2.39 bits per heavy atom. The number of carbonyl (C=O) groups excluding carboxylic acids is 1. The fourth-order valence-electron chi connectivity index (χ4n) is 3.34. The largest absolute Gasteiger partial charge is 0.383 e.